The SMILES string of the molecule is C=C(c1cccc(C#N)c1)c1ccc(O[Si](C(C)C)(C(C)C)C(C)C)cc1C. The van der Waals surface area contributed by atoms with Gasteiger partial charge in [0.2, 0.25) is 0 Å². The van der Waals surface area contributed by atoms with Crippen molar-refractivity contribution in [3.05, 3.63) is 71.3 Å². The smallest absolute Gasteiger partial charge is 0.258 e. The number of nitriles is 1. The van der Waals surface area contributed by atoms with Crippen molar-refractivity contribution in [1.82, 2.24) is 0 Å². The fourth-order valence-corrected chi connectivity index (χ4v) is 9.77. The Morgan fingerprint density at radius 2 is 1.57 bits per heavy atom. The van der Waals surface area contributed by atoms with Crippen molar-refractivity contribution >= 4 is 13.9 Å². The molecule has 0 saturated carbocycles. The van der Waals surface area contributed by atoms with E-state index in [0.717, 1.165) is 28.0 Å². The van der Waals surface area contributed by atoms with Crippen LogP contribution in [0.3, 0.4) is 0 Å². The van der Waals surface area contributed by atoms with Gasteiger partial charge in [-0.25, -0.2) is 0 Å². The molecule has 0 radical (unpaired) electrons. The zero-order valence-electron chi connectivity index (χ0n) is 18.3. The average Bonchev–Trinajstić information content (AvgIpc) is 2.64. The Balaban J connectivity index is 2.38. The third kappa shape index (κ3) is 4.23. The van der Waals surface area contributed by atoms with Gasteiger partial charge in [0.05, 0.1) is 11.6 Å². The van der Waals surface area contributed by atoms with E-state index in [-0.39, 0.29) is 0 Å². The topological polar surface area (TPSA) is 33.0 Å². The minimum absolute atomic E-state index is 0.538. The van der Waals surface area contributed by atoms with Crippen LogP contribution in [0.5, 0.6) is 5.75 Å². The van der Waals surface area contributed by atoms with Gasteiger partial charge >= 0.3 is 0 Å². The molecular weight excluding hydrogens is 358 g/mol. The molecule has 0 amide bonds. The first-order chi connectivity index (χ1) is 13.1. The maximum absolute atomic E-state index is 9.16. The normalized spacial score (nSPS) is 11.8. The second-order valence-electron chi connectivity index (χ2n) is 8.57. The number of rotatable bonds is 7. The Kier molecular flexibility index (Phi) is 6.90. The quantitative estimate of drug-likeness (QED) is 0.458. The average molecular weight is 392 g/mol. The fourth-order valence-electron chi connectivity index (χ4n) is 4.53. The van der Waals surface area contributed by atoms with Gasteiger partial charge in [0, 0.05) is 0 Å². The van der Waals surface area contributed by atoms with E-state index in [2.05, 4.69) is 79.3 Å². The zero-order chi connectivity index (χ0) is 21.1. The van der Waals surface area contributed by atoms with E-state index < -0.39 is 8.32 Å². The Labute approximate surface area is 172 Å². The Hall–Kier alpha value is -2.31. The first-order valence-electron chi connectivity index (χ1n) is 10.1. The molecule has 2 aromatic carbocycles. The molecule has 0 unspecified atom stereocenters. The lowest BCUT2D eigenvalue weighted by molar-refractivity contribution is 0.479. The van der Waals surface area contributed by atoms with Crippen LogP contribution in [0.2, 0.25) is 16.6 Å². The van der Waals surface area contributed by atoms with Gasteiger partial charge < -0.3 is 4.43 Å². The van der Waals surface area contributed by atoms with Gasteiger partial charge in [0.25, 0.3) is 8.32 Å². The predicted octanol–water partition coefficient (Wildman–Crippen LogP) is 7.48. The Bertz CT molecular complexity index is 868. The maximum Gasteiger partial charge on any atom is 0.258 e. The first kappa shape index (κ1) is 22.0. The summed E-state index contributed by atoms with van der Waals surface area (Å²) in [7, 11) is -1.97. The lowest BCUT2D eigenvalue weighted by Crippen LogP contribution is -2.50. The molecule has 0 bridgehead atoms. The molecule has 0 aliphatic heterocycles. The molecule has 2 rings (SSSR count). The predicted molar refractivity (Wildman–Crippen MR) is 122 cm³/mol. The van der Waals surface area contributed by atoms with Gasteiger partial charge in [0.1, 0.15) is 5.75 Å². The number of nitrogens with zero attached hydrogens (tertiary/aromatic N) is 1. The lowest BCUT2D eigenvalue weighted by Gasteiger charge is -2.42. The van der Waals surface area contributed by atoms with Crippen molar-refractivity contribution in [2.24, 2.45) is 0 Å². The number of aryl methyl sites for hydroxylation is 1. The summed E-state index contributed by atoms with van der Waals surface area (Å²) in [5, 5.41) is 9.16. The maximum atomic E-state index is 9.16. The van der Waals surface area contributed by atoms with Gasteiger partial charge in [-0.3, -0.25) is 0 Å². The zero-order valence-corrected chi connectivity index (χ0v) is 19.3. The summed E-state index contributed by atoms with van der Waals surface area (Å²) in [6.45, 7) is 20.2. The summed E-state index contributed by atoms with van der Waals surface area (Å²) >= 11 is 0. The molecule has 3 heteroatoms. The molecule has 0 heterocycles. The highest BCUT2D eigenvalue weighted by Gasteiger charge is 2.47. The van der Waals surface area contributed by atoms with E-state index in [0.29, 0.717) is 22.2 Å². The van der Waals surface area contributed by atoms with E-state index >= 15 is 0 Å². The van der Waals surface area contributed by atoms with E-state index in [1.807, 2.05) is 24.3 Å². The number of hydrogen-bond acceptors (Lipinski definition) is 2. The summed E-state index contributed by atoms with van der Waals surface area (Å²) in [5.41, 5.74) is 6.41. The largest absolute Gasteiger partial charge is 0.543 e. The van der Waals surface area contributed by atoms with Crippen LogP contribution in [0.1, 0.15) is 63.8 Å². The molecule has 0 N–H and O–H groups in total. The molecular formula is C25H33NOSi. The minimum atomic E-state index is -1.97. The van der Waals surface area contributed by atoms with Crippen molar-refractivity contribution in [3.8, 4) is 11.8 Å². The summed E-state index contributed by atoms with van der Waals surface area (Å²) in [6, 6.07) is 16.1. The van der Waals surface area contributed by atoms with Gasteiger partial charge in [-0.1, -0.05) is 66.3 Å². The molecule has 2 nitrogen and oxygen atoms in total. The highest BCUT2D eigenvalue weighted by atomic mass is 28.4. The molecule has 0 aliphatic carbocycles. The van der Waals surface area contributed by atoms with E-state index in [1.54, 1.807) is 0 Å². The van der Waals surface area contributed by atoms with Gasteiger partial charge in [0.15, 0.2) is 0 Å². The number of benzene rings is 2. The molecule has 0 atom stereocenters. The van der Waals surface area contributed by atoms with Crippen LogP contribution in [0.25, 0.3) is 5.57 Å². The van der Waals surface area contributed by atoms with E-state index in [9.17, 15) is 0 Å². The second-order valence-corrected chi connectivity index (χ2v) is 13.9. The molecule has 0 spiro atoms. The Morgan fingerprint density at radius 1 is 0.964 bits per heavy atom. The van der Waals surface area contributed by atoms with Crippen molar-refractivity contribution in [1.29, 1.82) is 5.26 Å². The Morgan fingerprint density at radius 3 is 2.07 bits per heavy atom. The van der Waals surface area contributed by atoms with Crippen LogP contribution in [-0.2, 0) is 0 Å². The summed E-state index contributed by atoms with van der Waals surface area (Å²) in [6.07, 6.45) is 0. The van der Waals surface area contributed by atoms with Crippen LogP contribution >= 0.6 is 0 Å². The third-order valence-electron chi connectivity index (χ3n) is 5.86. The summed E-state index contributed by atoms with van der Waals surface area (Å²) < 4.78 is 6.81. The van der Waals surface area contributed by atoms with Gasteiger partial charge in [-0.2, -0.15) is 5.26 Å². The first-order valence-corrected chi connectivity index (χ1v) is 12.3. The van der Waals surface area contributed by atoms with Crippen molar-refractivity contribution in [2.75, 3.05) is 0 Å². The highest BCUT2D eigenvalue weighted by molar-refractivity contribution is 6.78. The minimum Gasteiger partial charge on any atom is -0.543 e. The van der Waals surface area contributed by atoms with Crippen LogP contribution in [0.15, 0.2) is 49.0 Å². The fraction of sp³-hybridized carbons (Fsp3) is 0.400. The standard InChI is InChI=1S/C25H33NOSi/c1-17(2)28(18(3)4,19(5)6)27-24-12-13-25(20(7)14-24)21(8)23-11-9-10-22(15-23)16-26/h9-15,17-19H,8H2,1-7H3. The number of hydrogen-bond donors (Lipinski definition) is 0. The van der Waals surface area contributed by atoms with Gasteiger partial charge in [-0.05, 0) is 70.1 Å². The molecule has 0 saturated heterocycles. The molecule has 2 aromatic rings. The van der Waals surface area contributed by atoms with Crippen LogP contribution in [0, 0.1) is 18.3 Å². The highest BCUT2D eigenvalue weighted by Crippen LogP contribution is 2.43. The van der Waals surface area contributed by atoms with E-state index in [1.165, 1.54) is 0 Å². The second kappa shape index (κ2) is 8.79. The summed E-state index contributed by atoms with van der Waals surface area (Å²) in [5.74, 6) is 0.961. The van der Waals surface area contributed by atoms with Crippen molar-refractivity contribution in [2.45, 2.75) is 65.1 Å². The lowest BCUT2D eigenvalue weighted by atomic mass is 9.95. The van der Waals surface area contributed by atoms with Crippen molar-refractivity contribution < 1.29 is 4.43 Å². The van der Waals surface area contributed by atoms with E-state index in [4.69, 9.17) is 9.69 Å². The monoisotopic (exact) mass is 391 g/mol. The van der Waals surface area contributed by atoms with Crippen LogP contribution < -0.4 is 4.43 Å². The summed E-state index contributed by atoms with van der Waals surface area (Å²) in [4.78, 5) is 0. The van der Waals surface area contributed by atoms with Crippen molar-refractivity contribution in [3.63, 3.8) is 0 Å². The van der Waals surface area contributed by atoms with Crippen LogP contribution in [0.4, 0.5) is 0 Å². The molecule has 0 aliphatic rings. The third-order valence-corrected chi connectivity index (χ3v) is 11.9. The molecule has 28 heavy (non-hydrogen) atoms. The molecule has 148 valence electrons. The molecule has 0 fully saturated rings. The van der Waals surface area contributed by atoms with Gasteiger partial charge in [-0.15, -0.1) is 0 Å². The molecule has 0 aromatic heterocycles. The van der Waals surface area contributed by atoms with Crippen LogP contribution in [-0.4, -0.2) is 8.32 Å².